The van der Waals surface area contributed by atoms with Crippen molar-refractivity contribution in [2.45, 2.75) is 50.1 Å². The van der Waals surface area contributed by atoms with Gasteiger partial charge in [0.15, 0.2) is 5.78 Å². The minimum Gasteiger partial charge on any atom is -0.339 e. The average molecular weight is 576 g/mol. The van der Waals surface area contributed by atoms with Crippen molar-refractivity contribution < 1.29 is 22.8 Å². The number of nitrogens with one attached hydrogen (secondary N) is 2. The molecule has 38 heavy (non-hydrogen) atoms. The van der Waals surface area contributed by atoms with Gasteiger partial charge in [0.1, 0.15) is 12.1 Å². The average Bonchev–Trinajstić information content (AvgIpc) is 3.20. The fourth-order valence-corrected chi connectivity index (χ4v) is 7.41. The molecule has 0 aliphatic carbocycles. The summed E-state index contributed by atoms with van der Waals surface area (Å²) in [6, 6.07) is 12.5. The van der Waals surface area contributed by atoms with Gasteiger partial charge in [0, 0.05) is 9.72 Å². The first-order valence-electron chi connectivity index (χ1n) is 12.4. The molecule has 0 bridgehead atoms. The van der Waals surface area contributed by atoms with Gasteiger partial charge in [-0.05, 0) is 67.4 Å². The topological polar surface area (TPSA) is 113 Å². The number of halogens is 1. The second kappa shape index (κ2) is 11.9. The molecule has 4 rings (SSSR count). The first kappa shape index (κ1) is 28.2. The molecule has 202 valence electrons. The maximum absolute atomic E-state index is 14.1. The molecule has 2 aromatic carbocycles. The first-order chi connectivity index (χ1) is 18.1. The van der Waals surface area contributed by atoms with Crippen LogP contribution in [0.2, 0.25) is 5.02 Å². The summed E-state index contributed by atoms with van der Waals surface area (Å²) in [5.74, 6) is -1.76. The van der Waals surface area contributed by atoms with Gasteiger partial charge in [-0.3, -0.25) is 14.4 Å². The lowest BCUT2D eigenvalue weighted by molar-refractivity contribution is -0.135. The van der Waals surface area contributed by atoms with Crippen molar-refractivity contribution in [1.29, 1.82) is 0 Å². The second-order valence-corrected chi connectivity index (χ2v) is 13.0. The Morgan fingerprint density at radius 1 is 1.16 bits per heavy atom. The summed E-state index contributed by atoms with van der Waals surface area (Å²) in [4.78, 5) is 40.7. The van der Waals surface area contributed by atoms with E-state index >= 15 is 0 Å². The Kier molecular flexibility index (Phi) is 8.87. The van der Waals surface area contributed by atoms with Gasteiger partial charge in [-0.2, -0.15) is 0 Å². The SMILES string of the molecule is CC(C)CC(NC(=O)c1cc2ccccc2s1)C(=O)N([C@H]1CCCNCC1=O)S(=O)(=O)c1cccc(Cl)c1. The Balaban J connectivity index is 1.73. The fourth-order valence-electron chi connectivity index (χ4n) is 4.51. The number of fused-ring (bicyclic) bond motifs is 1. The van der Waals surface area contributed by atoms with Crippen LogP contribution in [-0.2, 0) is 19.6 Å². The van der Waals surface area contributed by atoms with Crippen LogP contribution in [-0.4, -0.2) is 55.5 Å². The normalized spacial score (nSPS) is 17.3. The summed E-state index contributed by atoms with van der Waals surface area (Å²) in [6.45, 7) is 4.23. The monoisotopic (exact) mass is 575 g/mol. The van der Waals surface area contributed by atoms with Crippen molar-refractivity contribution in [3.8, 4) is 0 Å². The summed E-state index contributed by atoms with van der Waals surface area (Å²) in [5, 5.41) is 6.83. The lowest BCUT2D eigenvalue weighted by atomic mass is 10.0. The van der Waals surface area contributed by atoms with Gasteiger partial charge >= 0.3 is 0 Å². The third-order valence-corrected chi connectivity index (χ3v) is 9.47. The Hall–Kier alpha value is -2.79. The predicted molar refractivity (Wildman–Crippen MR) is 149 cm³/mol. The Morgan fingerprint density at radius 3 is 2.63 bits per heavy atom. The van der Waals surface area contributed by atoms with Crippen LogP contribution >= 0.6 is 22.9 Å². The number of thiophene rings is 1. The summed E-state index contributed by atoms with van der Waals surface area (Å²) in [6.07, 6.45) is 0.875. The van der Waals surface area contributed by atoms with Crippen molar-refractivity contribution in [2.24, 2.45) is 5.92 Å². The van der Waals surface area contributed by atoms with E-state index in [0.29, 0.717) is 22.1 Å². The molecular weight excluding hydrogens is 546 g/mol. The number of carbonyl (C=O) groups is 3. The number of amides is 2. The van der Waals surface area contributed by atoms with Gasteiger partial charge in [-0.25, -0.2) is 12.7 Å². The van der Waals surface area contributed by atoms with Crippen molar-refractivity contribution in [2.75, 3.05) is 13.1 Å². The van der Waals surface area contributed by atoms with E-state index in [1.165, 1.54) is 35.6 Å². The molecular formula is C27H30ClN3O5S2. The van der Waals surface area contributed by atoms with Crippen LogP contribution in [0.4, 0.5) is 0 Å². The third kappa shape index (κ3) is 6.26. The predicted octanol–water partition coefficient (Wildman–Crippen LogP) is 4.24. The number of hydrogen-bond acceptors (Lipinski definition) is 7. The minimum absolute atomic E-state index is 0.0473. The molecule has 3 aromatic rings. The maximum Gasteiger partial charge on any atom is 0.267 e. The van der Waals surface area contributed by atoms with E-state index in [9.17, 15) is 22.8 Å². The standard InChI is InChI=1S/C27H30ClN3O5S2/c1-17(2)13-21(30-26(33)25-14-18-7-3-4-11-24(18)37-25)27(34)31(22-10-6-12-29-16-23(22)32)38(35,36)20-9-5-8-19(28)15-20/h3-5,7-9,11,14-15,17,21-22,29H,6,10,12-13,16H2,1-2H3,(H,30,33)/t21?,22-/m0/s1. The van der Waals surface area contributed by atoms with Crippen molar-refractivity contribution in [3.63, 3.8) is 0 Å². The van der Waals surface area contributed by atoms with Crippen LogP contribution in [0, 0.1) is 5.92 Å². The van der Waals surface area contributed by atoms with Crippen LogP contribution in [0.25, 0.3) is 10.1 Å². The molecule has 0 saturated carbocycles. The lowest BCUT2D eigenvalue weighted by Gasteiger charge is -2.33. The van der Waals surface area contributed by atoms with Gasteiger partial charge in [-0.1, -0.05) is 49.7 Å². The molecule has 1 fully saturated rings. The summed E-state index contributed by atoms with van der Waals surface area (Å²) in [5.41, 5.74) is 0. The molecule has 1 aliphatic heterocycles. The van der Waals surface area contributed by atoms with E-state index in [-0.39, 0.29) is 35.2 Å². The van der Waals surface area contributed by atoms with E-state index in [1.807, 2.05) is 38.1 Å². The molecule has 2 N–H and O–H groups in total. The van der Waals surface area contributed by atoms with Gasteiger partial charge in [0.25, 0.3) is 21.8 Å². The number of carbonyl (C=O) groups excluding carboxylic acids is 3. The lowest BCUT2D eigenvalue weighted by Crippen LogP contribution is -2.56. The molecule has 8 nitrogen and oxygen atoms in total. The fraction of sp³-hybridized carbons (Fsp3) is 0.370. The van der Waals surface area contributed by atoms with Crippen LogP contribution in [0.5, 0.6) is 0 Å². The van der Waals surface area contributed by atoms with Gasteiger partial charge in [0.05, 0.1) is 16.3 Å². The molecule has 11 heteroatoms. The van der Waals surface area contributed by atoms with E-state index in [0.717, 1.165) is 10.1 Å². The number of Topliss-reactive ketones (excluding diaryl/α,β-unsaturated/α-hetero) is 1. The molecule has 2 amide bonds. The molecule has 0 radical (unpaired) electrons. The van der Waals surface area contributed by atoms with Gasteiger partial charge in [-0.15, -0.1) is 11.3 Å². The molecule has 0 spiro atoms. The number of sulfonamides is 1. The van der Waals surface area contributed by atoms with E-state index in [4.69, 9.17) is 11.6 Å². The van der Waals surface area contributed by atoms with Crippen molar-refractivity contribution >= 4 is 60.6 Å². The van der Waals surface area contributed by atoms with Gasteiger partial charge in [0.2, 0.25) is 0 Å². The first-order valence-corrected chi connectivity index (χ1v) is 15.1. The molecule has 1 aromatic heterocycles. The number of ketones is 1. The van der Waals surface area contributed by atoms with Gasteiger partial charge < -0.3 is 10.6 Å². The summed E-state index contributed by atoms with van der Waals surface area (Å²) >= 11 is 7.37. The van der Waals surface area contributed by atoms with Crippen LogP contribution in [0.1, 0.15) is 42.8 Å². The number of hydrogen-bond donors (Lipinski definition) is 2. The zero-order valence-electron chi connectivity index (χ0n) is 21.1. The van der Waals surface area contributed by atoms with Crippen LogP contribution < -0.4 is 10.6 Å². The van der Waals surface area contributed by atoms with E-state index in [2.05, 4.69) is 10.6 Å². The largest absolute Gasteiger partial charge is 0.339 e. The maximum atomic E-state index is 14.1. The van der Waals surface area contributed by atoms with Crippen molar-refractivity contribution in [1.82, 2.24) is 14.9 Å². The second-order valence-electron chi connectivity index (χ2n) is 9.70. The zero-order chi connectivity index (χ0) is 27.4. The van der Waals surface area contributed by atoms with Crippen molar-refractivity contribution in [3.05, 3.63) is 64.5 Å². The molecule has 1 saturated heterocycles. The van der Waals surface area contributed by atoms with Crippen LogP contribution in [0.15, 0.2) is 59.5 Å². The number of nitrogens with zero attached hydrogens (tertiary/aromatic N) is 1. The quantitative estimate of drug-likeness (QED) is 0.415. The highest BCUT2D eigenvalue weighted by molar-refractivity contribution is 7.89. The van der Waals surface area contributed by atoms with Crippen LogP contribution in [0.3, 0.4) is 0 Å². The number of rotatable bonds is 8. The minimum atomic E-state index is -4.47. The Bertz CT molecular complexity index is 1420. The molecule has 1 unspecified atom stereocenters. The summed E-state index contributed by atoms with van der Waals surface area (Å²) in [7, 11) is -4.47. The van der Waals surface area contributed by atoms with E-state index in [1.54, 1.807) is 6.07 Å². The Labute approximate surface area is 231 Å². The van der Waals surface area contributed by atoms with E-state index < -0.39 is 39.7 Å². The molecule has 2 heterocycles. The molecule has 1 aliphatic rings. The smallest absolute Gasteiger partial charge is 0.267 e. The molecule has 2 atom stereocenters. The zero-order valence-corrected chi connectivity index (χ0v) is 23.5. The summed E-state index contributed by atoms with van der Waals surface area (Å²) < 4.78 is 29.4. The number of benzene rings is 2. The Morgan fingerprint density at radius 2 is 1.92 bits per heavy atom. The third-order valence-electron chi connectivity index (χ3n) is 6.32. The highest BCUT2D eigenvalue weighted by atomic mass is 35.5. The highest BCUT2D eigenvalue weighted by Gasteiger charge is 2.43. The highest BCUT2D eigenvalue weighted by Crippen LogP contribution is 2.28.